The van der Waals surface area contributed by atoms with Crippen LogP contribution in [-0.2, 0) is 13.5 Å². The molecule has 1 fully saturated rings. The molecule has 1 aliphatic heterocycles. The summed E-state index contributed by atoms with van der Waals surface area (Å²) < 4.78 is 2.00. The summed E-state index contributed by atoms with van der Waals surface area (Å²) in [6.07, 6.45) is 3.06. The van der Waals surface area contributed by atoms with Crippen molar-refractivity contribution in [3.05, 3.63) is 58.6 Å². The zero-order valence-corrected chi connectivity index (χ0v) is 16.5. The quantitative estimate of drug-likeness (QED) is 0.657. The molecule has 26 heavy (non-hydrogen) atoms. The molecule has 0 bridgehead atoms. The second-order valence-electron chi connectivity index (χ2n) is 6.65. The van der Waals surface area contributed by atoms with Gasteiger partial charge >= 0.3 is 0 Å². The van der Waals surface area contributed by atoms with Gasteiger partial charge in [0.1, 0.15) is 0 Å². The molecule has 4 rings (SSSR count). The van der Waals surface area contributed by atoms with Gasteiger partial charge in [0.25, 0.3) is 0 Å². The maximum atomic E-state index is 6.34. The van der Waals surface area contributed by atoms with E-state index in [-0.39, 0.29) is 0 Å². The van der Waals surface area contributed by atoms with E-state index in [0.29, 0.717) is 0 Å². The number of halogens is 1. The van der Waals surface area contributed by atoms with Gasteiger partial charge in [-0.25, -0.2) is 0 Å². The lowest BCUT2D eigenvalue weighted by molar-refractivity contribution is 0.261. The van der Waals surface area contributed by atoms with E-state index < -0.39 is 0 Å². The fourth-order valence-corrected chi connectivity index (χ4v) is 4.69. The summed E-state index contributed by atoms with van der Waals surface area (Å²) in [4.78, 5) is 6.22. The third-order valence-electron chi connectivity index (χ3n) is 5.03. The highest BCUT2D eigenvalue weighted by Gasteiger charge is 2.19. The Morgan fingerprint density at radius 2 is 1.88 bits per heavy atom. The van der Waals surface area contributed by atoms with Crippen molar-refractivity contribution in [1.82, 2.24) is 14.7 Å². The standard InChI is InChI=1S/C20H23ClN4S/c1-23-20(19-7-4-14-26-19)16(15-22-23)8-9-24-10-12-25(13-11-24)18-6-3-2-5-17(18)21/h2-7,14-15H,8-13H2,1H3. The number of benzene rings is 1. The van der Waals surface area contributed by atoms with Crippen LogP contribution in [0.4, 0.5) is 5.69 Å². The molecule has 3 aromatic rings. The normalized spacial score (nSPS) is 15.5. The Balaban J connectivity index is 1.36. The topological polar surface area (TPSA) is 24.3 Å². The molecule has 136 valence electrons. The van der Waals surface area contributed by atoms with Gasteiger partial charge in [-0.1, -0.05) is 29.8 Å². The third-order valence-corrected chi connectivity index (χ3v) is 6.23. The fraction of sp³-hybridized carbons (Fsp3) is 0.350. The minimum atomic E-state index is 0.844. The van der Waals surface area contributed by atoms with Crippen molar-refractivity contribution in [2.45, 2.75) is 6.42 Å². The van der Waals surface area contributed by atoms with E-state index >= 15 is 0 Å². The monoisotopic (exact) mass is 386 g/mol. The van der Waals surface area contributed by atoms with Crippen LogP contribution >= 0.6 is 22.9 Å². The van der Waals surface area contributed by atoms with E-state index in [2.05, 4.69) is 44.5 Å². The summed E-state index contributed by atoms with van der Waals surface area (Å²) >= 11 is 8.12. The molecule has 1 saturated heterocycles. The van der Waals surface area contributed by atoms with Crippen LogP contribution in [0.5, 0.6) is 0 Å². The highest BCUT2D eigenvalue weighted by atomic mass is 35.5. The summed E-state index contributed by atoms with van der Waals surface area (Å²) in [6.45, 7) is 5.25. The Morgan fingerprint density at radius 1 is 1.08 bits per heavy atom. The summed E-state index contributed by atoms with van der Waals surface area (Å²) in [7, 11) is 2.03. The average molecular weight is 387 g/mol. The van der Waals surface area contributed by atoms with Crippen LogP contribution in [0.3, 0.4) is 0 Å². The van der Waals surface area contributed by atoms with Crippen LogP contribution in [0.25, 0.3) is 10.6 Å². The number of rotatable bonds is 5. The van der Waals surface area contributed by atoms with Crippen molar-refractivity contribution >= 4 is 28.6 Å². The first-order chi connectivity index (χ1) is 12.7. The summed E-state index contributed by atoms with van der Waals surface area (Å²) in [6, 6.07) is 12.4. The fourth-order valence-electron chi connectivity index (χ4n) is 3.60. The zero-order valence-electron chi connectivity index (χ0n) is 14.9. The zero-order chi connectivity index (χ0) is 17.9. The number of hydrogen-bond acceptors (Lipinski definition) is 4. The van der Waals surface area contributed by atoms with Crippen LogP contribution in [0.15, 0.2) is 48.0 Å². The van der Waals surface area contributed by atoms with Crippen molar-refractivity contribution in [2.75, 3.05) is 37.6 Å². The van der Waals surface area contributed by atoms with Crippen molar-refractivity contribution in [3.63, 3.8) is 0 Å². The van der Waals surface area contributed by atoms with Crippen LogP contribution in [0.1, 0.15) is 5.56 Å². The van der Waals surface area contributed by atoms with Crippen LogP contribution in [-0.4, -0.2) is 47.4 Å². The summed E-state index contributed by atoms with van der Waals surface area (Å²) in [5, 5.41) is 7.45. The van der Waals surface area contributed by atoms with Gasteiger partial charge in [0.2, 0.25) is 0 Å². The van der Waals surface area contributed by atoms with Crippen LogP contribution < -0.4 is 4.90 Å². The average Bonchev–Trinajstić information content (AvgIpc) is 3.30. The van der Waals surface area contributed by atoms with Gasteiger partial charge in [0.05, 0.1) is 27.5 Å². The Hall–Kier alpha value is -1.82. The van der Waals surface area contributed by atoms with Gasteiger partial charge < -0.3 is 4.90 Å². The molecule has 0 amide bonds. The molecule has 2 aromatic heterocycles. The highest BCUT2D eigenvalue weighted by molar-refractivity contribution is 7.13. The Bertz CT molecular complexity index is 851. The van der Waals surface area contributed by atoms with Crippen LogP contribution in [0, 0.1) is 0 Å². The molecule has 0 aliphatic carbocycles. The Labute approximate surface area is 163 Å². The molecule has 4 nitrogen and oxygen atoms in total. The number of hydrogen-bond donors (Lipinski definition) is 0. The van der Waals surface area contributed by atoms with Crippen molar-refractivity contribution in [1.29, 1.82) is 0 Å². The number of aryl methyl sites for hydroxylation is 1. The second-order valence-corrected chi connectivity index (χ2v) is 8.00. The molecule has 0 spiro atoms. The lowest BCUT2D eigenvalue weighted by Crippen LogP contribution is -2.47. The minimum absolute atomic E-state index is 0.844. The number of thiophene rings is 1. The van der Waals surface area contributed by atoms with E-state index in [1.807, 2.05) is 30.1 Å². The lowest BCUT2D eigenvalue weighted by atomic mass is 10.1. The first kappa shape index (κ1) is 17.6. The maximum absolute atomic E-state index is 6.34. The lowest BCUT2D eigenvalue weighted by Gasteiger charge is -2.36. The van der Waals surface area contributed by atoms with Crippen molar-refractivity contribution in [2.24, 2.45) is 7.05 Å². The molecule has 0 atom stereocenters. The van der Waals surface area contributed by atoms with Gasteiger partial charge in [0, 0.05) is 45.3 Å². The number of para-hydroxylation sites is 1. The molecule has 0 N–H and O–H groups in total. The molecule has 0 saturated carbocycles. The van der Waals surface area contributed by atoms with E-state index in [4.69, 9.17) is 11.6 Å². The predicted octanol–water partition coefficient (Wildman–Crippen LogP) is 4.17. The third kappa shape index (κ3) is 3.65. The van der Waals surface area contributed by atoms with Gasteiger partial charge in [-0.3, -0.25) is 9.58 Å². The SMILES string of the molecule is Cn1ncc(CCN2CCN(c3ccccc3Cl)CC2)c1-c1cccs1. The molecular formula is C20H23ClN4S. The Kier molecular flexibility index (Phi) is 5.29. The number of aromatic nitrogens is 2. The minimum Gasteiger partial charge on any atom is -0.368 e. The number of piperazine rings is 1. The highest BCUT2D eigenvalue weighted by Crippen LogP contribution is 2.28. The van der Waals surface area contributed by atoms with E-state index in [0.717, 1.165) is 49.9 Å². The molecule has 1 aromatic carbocycles. The van der Waals surface area contributed by atoms with Crippen molar-refractivity contribution in [3.8, 4) is 10.6 Å². The largest absolute Gasteiger partial charge is 0.368 e. The van der Waals surface area contributed by atoms with Gasteiger partial charge in [-0.2, -0.15) is 5.10 Å². The smallest absolute Gasteiger partial charge is 0.0811 e. The number of anilines is 1. The Morgan fingerprint density at radius 3 is 2.62 bits per heavy atom. The predicted molar refractivity (Wildman–Crippen MR) is 110 cm³/mol. The number of nitrogens with zero attached hydrogens (tertiary/aromatic N) is 4. The summed E-state index contributed by atoms with van der Waals surface area (Å²) in [5.41, 5.74) is 3.75. The molecule has 3 heterocycles. The van der Waals surface area contributed by atoms with Gasteiger partial charge in [-0.05, 0) is 30.0 Å². The molecule has 0 radical (unpaired) electrons. The second kappa shape index (κ2) is 7.82. The summed E-state index contributed by atoms with van der Waals surface area (Å²) in [5.74, 6) is 0. The van der Waals surface area contributed by atoms with Gasteiger partial charge in [0.15, 0.2) is 0 Å². The molecule has 0 unspecified atom stereocenters. The van der Waals surface area contributed by atoms with Crippen LogP contribution in [0.2, 0.25) is 5.02 Å². The van der Waals surface area contributed by atoms with E-state index in [1.165, 1.54) is 16.1 Å². The molecular weight excluding hydrogens is 364 g/mol. The van der Waals surface area contributed by atoms with E-state index in [9.17, 15) is 0 Å². The molecule has 6 heteroatoms. The van der Waals surface area contributed by atoms with Crippen molar-refractivity contribution < 1.29 is 0 Å². The van der Waals surface area contributed by atoms with Gasteiger partial charge in [-0.15, -0.1) is 11.3 Å². The first-order valence-electron chi connectivity index (χ1n) is 8.99. The van der Waals surface area contributed by atoms with E-state index in [1.54, 1.807) is 11.3 Å². The molecule has 1 aliphatic rings. The first-order valence-corrected chi connectivity index (χ1v) is 10.2. The maximum Gasteiger partial charge on any atom is 0.0811 e.